The van der Waals surface area contributed by atoms with Crippen LogP contribution in [0.3, 0.4) is 0 Å². The fourth-order valence-electron chi connectivity index (χ4n) is 4.04. The van der Waals surface area contributed by atoms with Gasteiger partial charge in [-0.25, -0.2) is 4.39 Å². The van der Waals surface area contributed by atoms with Gasteiger partial charge in [-0.2, -0.15) is 13.2 Å². The summed E-state index contributed by atoms with van der Waals surface area (Å²) in [5, 5.41) is 9.20. The van der Waals surface area contributed by atoms with Crippen LogP contribution in [-0.2, 0) is 11.0 Å². The molecule has 2 aromatic heterocycles. The van der Waals surface area contributed by atoms with E-state index in [9.17, 15) is 31.9 Å². The lowest BCUT2D eigenvalue weighted by Gasteiger charge is -2.20. The highest BCUT2D eigenvalue weighted by atomic mass is 35.5. The second-order valence-electron chi connectivity index (χ2n) is 8.57. The van der Waals surface area contributed by atoms with Crippen molar-refractivity contribution in [3.8, 4) is 28.3 Å². The first-order valence-corrected chi connectivity index (χ1v) is 12.1. The van der Waals surface area contributed by atoms with Gasteiger partial charge >= 0.3 is 12.1 Å². The quantitative estimate of drug-likeness (QED) is 0.271. The minimum absolute atomic E-state index is 0.0222. The molecule has 0 radical (unpaired) electrons. The van der Waals surface area contributed by atoms with E-state index in [1.807, 2.05) is 0 Å². The molecular weight excluding hydrogens is 574 g/mol. The van der Waals surface area contributed by atoms with E-state index in [0.29, 0.717) is 0 Å². The number of halogens is 5. The van der Waals surface area contributed by atoms with Crippen LogP contribution in [0.2, 0.25) is 5.02 Å². The van der Waals surface area contributed by atoms with E-state index >= 15 is 0 Å². The zero-order valence-electron chi connectivity index (χ0n) is 21.3. The first-order valence-electron chi connectivity index (χ1n) is 11.7. The van der Waals surface area contributed by atoms with E-state index in [0.717, 1.165) is 22.8 Å². The maximum Gasteiger partial charge on any atom is 0.470 e. The van der Waals surface area contributed by atoms with Gasteiger partial charge in [-0.15, -0.1) is 10.2 Å². The third-order valence-electron chi connectivity index (χ3n) is 5.96. The van der Waals surface area contributed by atoms with Gasteiger partial charge in [-0.05, 0) is 48.4 Å². The van der Waals surface area contributed by atoms with Crippen molar-refractivity contribution in [3.05, 3.63) is 81.3 Å². The van der Waals surface area contributed by atoms with Gasteiger partial charge in [-0.1, -0.05) is 18.5 Å². The molecule has 0 fully saturated rings. The summed E-state index contributed by atoms with van der Waals surface area (Å²) in [5.74, 6) is -4.57. The van der Waals surface area contributed by atoms with Gasteiger partial charge in [0.2, 0.25) is 11.8 Å². The van der Waals surface area contributed by atoms with Crippen LogP contribution in [0.4, 0.5) is 23.2 Å². The zero-order valence-corrected chi connectivity index (χ0v) is 22.0. The number of carbonyl (C=O) groups is 2. The summed E-state index contributed by atoms with van der Waals surface area (Å²) < 4.78 is 64.7. The number of nitrogens with one attached hydrogen (secondary N) is 1. The predicted molar refractivity (Wildman–Crippen MR) is 139 cm³/mol. The smallest absolute Gasteiger partial charge is 0.470 e. The molecule has 0 spiro atoms. The Morgan fingerprint density at radius 2 is 1.85 bits per heavy atom. The average molecular weight is 594 g/mol. The lowest BCUT2D eigenvalue weighted by Crippen LogP contribution is -2.32. The zero-order chi connectivity index (χ0) is 30.1. The van der Waals surface area contributed by atoms with E-state index in [4.69, 9.17) is 26.5 Å². The largest absolute Gasteiger partial charge is 0.495 e. The van der Waals surface area contributed by atoms with Crippen molar-refractivity contribution in [1.82, 2.24) is 14.8 Å². The Kier molecular flexibility index (Phi) is 8.14. The number of methoxy groups -OCH3 is 1. The van der Waals surface area contributed by atoms with Crippen LogP contribution in [-0.4, -0.2) is 33.7 Å². The second kappa shape index (κ2) is 11.4. The highest BCUT2D eigenvalue weighted by molar-refractivity contribution is 6.31. The molecule has 15 heteroatoms. The van der Waals surface area contributed by atoms with E-state index in [-0.39, 0.29) is 45.1 Å². The molecular formula is C26H20ClF4N5O5. The molecule has 0 saturated heterocycles. The SMILES string of the molecule is CCC(C(=O)Nc1ccc(C(N)=O)c(F)c1)n1cc(OC)c(-c2cc(Cl)ccc2-c2nnc(C(F)(F)F)o2)cc1=O. The summed E-state index contributed by atoms with van der Waals surface area (Å²) in [6.45, 7) is 1.64. The Morgan fingerprint density at radius 1 is 1.12 bits per heavy atom. The molecule has 0 aliphatic heterocycles. The Labute approximate surface area is 233 Å². The number of nitrogens with two attached hydrogens (primary N) is 1. The summed E-state index contributed by atoms with van der Waals surface area (Å²) in [6.07, 6.45) is -3.50. The van der Waals surface area contributed by atoms with E-state index < -0.39 is 47.2 Å². The predicted octanol–water partition coefficient (Wildman–Crippen LogP) is 5.07. The number of ether oxygens (including phenoxy) is 1. The lowest BCUT2D eigenvalue weighted by atomic mass is 9.99. The molecule has 4 rings (SSSR count). The fraction of sp³-hybridized carbons (Fsp3) is 0.192. The minimum atomic E-state index is -4.87. The number of rotatable bonds is 8. The number of hydrogen-bond donors (Lipinski definition) is 2. The van der Waals surface area contributed by atoms with Crippen LogP contribution in [0.15, 0.2) is 57.9 Å². The number of pyridine rings is 1. The van der Waals surface area contributed by atoms with Crippen LogP contribution in [0, 0.1) is 5.82 Å². The molecule has 1 atom stereocenters. The highest BCUT2D eigenvalue weighted by Crippen LogP contribution is 2.39. The minimum Gasteiger partial charge on any atom is -0.495 e. The summed E-state index contributed by atoms with van der Waals surface area (Å²) in [5.41, 5.74) is 4.40. The summed E-state index contributed by atoms with van der Waals surface area (Å²) >= 11 is 6.15. The van der Waals surface area contributed by atoms with Gasteiger partial charge in [0.1, 0.15) is 17.6 Å². The first-order chi connectivity index (χ1) is 19.3. The van der Waals surface area contributed by atoms with E-state index in [1.165, 1.54) is 37.6 Å². The molecule has 4 aromatic rings. The van der Waals surface area contributed by atoms with Gasteiger partial charge in [0.05, 0.1) is 18.9 Å². The molecule has 2 aromatic carbocycles. The molecule has 2 amide bonds. The Balaban J connectivity index is 1.74. The number of primary amides is 1. The molecule has 1 unspecified atom stereocenters. The Bertz CT molecular complexity index is 1700. The monoisotopic (exact) mass is 593 g/mol. The fourth-order valence-corrected chi connectivity index (χ4v) is 4.22. The number of carbonyl (C=O) groups excluding carboxylic acids is 2. The highest BCUT2D eigenvalue weighted by Gasteiger charge is 2.38. The number of hydrogen-bond acceptors (Lipinski definition) is 7. The number of alkyl halides is 3. The molecule has 0 aliphatic carbocycles. The number of amides is 2. The van der Waals surface area contributed by atoms with Gasteiger partial charge in [-0.3, -0.25) is 19.0 Å². The van der Waals surface area contributed by atoms with Crippen LogP contribution in [0.25, 0.3) is 22.6 Å². The van der Waals surface area contributed by atoms with Gasteiger partial charge < -0.3 is 20.2 Å². The van der Waals surface area contributed by atoms with Crippen molar-refractivity contribution in [2.24, 2.45) is 5.73 Å². The summed E-state index contributed by atoms with van der Waals surface area (Å²) in [7, 11) is 1.29. The Morgan fingerprint density at radius 3 is 2.44 bits per heavy atom. The standard InChI is InChI=1S/C26H20ClF4N5O5/c1-3-19(23(39)33-13-5-7-15(22(32)38)18(28)9-13)36-11-20(40-2)17(10-21(36)37)16-8-12(27)4-6-14(16)24-34-35-25(41-24)26(29,30)31/h4-11,19H,3H2,1-2H3,(H2,32,38)(H,33,39). The van der Waals surface area contributed by atoms with Crippen LogP contribution < -0.4 is 21.3 Å². The number of anilines is 1. The van der Waals surface area contributed by atoms with Gasteiger partial charge in [0, 0.05) is 27.9 Å². The average Bonchev–Trinajstić information content (AvgIpc) is 3.40. The second-order valence-corrected chi connectivity index (χ2v) is 9.01. The van der Waals surface area contributed by atoms with Gasteiger partial charge in [0.25, 0.3) is 11.5 Å². The third kappa shape index (κ3) is 6.06. The Hall–Kier alpha value is -4.72. The van der Waals surface area contributed by atoms with Gasteiger partial charge in [0.15, 0.2) is 0 Å². The topological polar surface area (TPSA) is 142 Å². The first kappa shape index (κ1) is 29.3. The summed E-state index contributed by atoms with van der Waals surface area (Å²) in [4.78, 5) is 37.6. The number of benzene rings is 2. The van der Waals surface area contributed by atoms with Crippen molar-refractivity contribution in [2.45, 2.75) is 25.6 Å². The molecule has 0 saturated carbocycles. The number of aromatic nitrogens is 3. The number of nitrogens with zero attached hydrogens (tertiary/aromatic N) is 3. The van der Waals surface area contributed by atoms with Crippen LogP contribution in [0.1, 0.15) is 35.6 Å². The van der Waals surface area contributed by atoms with Crippen molar-refractivity contribution in [3.63, 3.8) is 0 Å². The molecule has 10 nitrogen and oxygen atoms in total. The van der Waals surface area contributed by atoms with E-state index in [2.05, 4.69) is 15.5 Å². The normalized spacial score (nSPS) is 12.2. The molecule has 0 bridgehead atoms. The third-order valence-corrected chi connectivity index (χ3v) is 6.20. The van der Waals surface area contributed by atoms with E-state index in [1.54, 1.807) is 6.92 Å². The van der Waals surface area contributed by atoms with Crippen molar-refractivity contribution >= 4 is 29.1 Å². The molecule has 214 valence electrons. The molecule has 0 aliphatic rings. The van der Waals surface area contributed by atoms with Crippen LogP contribution >= 0.6 is 11.6 Å². The maximum absolute atomic E-state index is 14.2. The molecule has 2 heterocycles. The molecule has 41 heavy (non-hydrogen) atoms. The maximum atomic E-state index is 14.2. The molecule has 3 N–H and O–H groups in total. The lowest BCUT2D eigenvalue weighted by molar-refractivity contribution is -0.157. The van der Waals surface area contributed by atoms with Crippen molar-refractivity contribution in [1.29, 1.82) is 0 Å². The van der Waals surface area contributed by atoms with Crippen LogP contribution in [0.5, 0.6) is 5.75 Å². The summed E-state index contributed by atoms with van der Waals surface area (Å²) in [6, 6.07) is 7.46. The van der Waals surface area contributed by atoms with Crippen molar-refractivity contribution in [2.75, 3.05) is 12.4 Å². The van der Waals surface area contributed by atoms with Crippen molar-refractivity contribution < 1.29 is 36.3 Å².